The van der Waals surface area contributed by atoms with Gasteiger partial charge in [-0.3, -0.25) is 4.90 Å². The molecule has 5 heteroatoms. The highest BCUT2D eigenvalue weighted by Gasteiger charge is 2.35. The van der Waals surface area contributed by atoms with Crippen LogP contribution < -0.4 is 9.47 Å². The summed E-state index contributed by atoms with van der Waals surface area (Å²) in [4.78, 5) is 2.43. The minimum absolute atomic E-state index is 0.0608. The number of hydrogen-bond donors (Lipinski definition) is 0. The van der Waals surface area contributed by atoms with Crippen LogP contribution >= 0.6 is 0 Å². The minimum atomic E-state index is -0.0608. The first-order valence-corrected chi connectivity index (χ1v) is 11.0. The third-order valence-corrected chi connectivity index (χ3v) is 5.41. The molecule has 0 aromatic heterocycles. The van der Waals surface area contributed by atoms with E-state index in [1.54, 1.807) is 0 Å². The predicted molar refractivity (Wildman–Crippen MR) is 116 cm³/mol. The largest absolute Gasteiger partial charge is 0.494 e. The fourth-order valence-electron chi connectivity index (χ4n) is 3.62. The average Bonchev–Trinajstić information content (AvgIpc) is 2.53. The van der Waals surface area contributed by atoms with Gasteiger partial charge in [-0.05, 0) is 78.6 Å². The third-order valence-electron chi connectivity index (χ3n) is 5.41. The first-order valence-electron chi connectivity index (χ1n) is 11.0. The summed E-state index contributed by atoms with van der Waals surface area (Å²) < 4.78 is 23.7. The summed E-state index contributed by atoms with van der Waals surface area (Å²) in [6.45, 7) is 16.4. The monoisotopic (exact) mass is 405 g/mol. The summed E-state index contributed by atoms with van der Waals surface area (Å²) in [6, 6.07) is 7.96. The Morgan fingerprint density at radius 2 is 1.45 bits per heavy atom. The van der Waals surface area contributed by atoms with Gasteiger partial charge < -0.3 is 18.9 Å². The van der Waals surface area contributed by atoms with Crippen LogP contribution in [0.25, 0.3) is 0 Å². The lowest BCUT2D eigenvalue weighted by atomic mass is 9.91. The second-order valence-corrected chi connectivity index (χ2v) is 10.3. The van der Waals surface area contributed by atoms with Crippen LogP contribution in [0.3, 0.4) is 0 Å². The molecule has 0 atom stereocenters. The van der Waals surface area contributed by atoms with E-state index in [-0.39, 0.29) is 17.2 Å². The van der Waals surface area contributed by atoms with Crippen molar-refractivity contribution in [1.82, 2.24) is 4.90 Å². The minimum Gasteiger partial charge on any atom is -0.494 e. The number of nitrogens with zero attached hydrogens (tertiary/aromatic N) is 1. The van der Waals surface area contributed by atoms with Gasteiger partial charge in [-0.15, -0.1) is 0 Å². The van der Waals surface area contributed by atoms with Gasteiger partial charge in [-0.1, -0.05) is 0 Å². The van der Waals surface area contributed by atoms with Crippen molar-refractivity contribution in [3.05, 3.63) is 24.3 Å². The number of likely N-dealkylation sites (tertiary alicyclic amines) is 1. The summed E-state index contributed by atoms with van der Waals surface area (Å²) in [7, 11) is 0. The van der Waals surface area contributed by atoms with Crippen LogP contribution in [0.2, 0.25) is 0 Å². The molecule has 1 heterocycles. The molecule has 1 aromatic rings. The maximum absolute atomic E-state index is 6.03. The molecule has 1 saturated heterocycles. The Morgan fingerprint density at radius 3 is 2.03 bits per heavy atom. The first-order chi connectivity index (χ1) is 13.6. The molecule has 5 nitrogen and oxygen atoms in total. The van der Waals surface area contributed by atoms with Crippen molar-refractivity contribution >= 4 is 0 Å². The number of hydrogen-bond acceptors (Lipinski definition) is 5. The van der Waals surface area contributed by atoms with E-state index >= 15 is 0 Å². The highest BCUT2D eigenvalue weighted by molar-refractivity contribution is 5.31. The molecule has 1 aliphatic heterocycles. The topological polar surface area (TPSA) is 40.2 Å². The van der Waals surface area contributed by atoms with Crippen LogP contribution in [0.5, 0.6) is 11.5 Å². The Morgan fingerprint density at radius 1 is 0.828 bits per heavy atom. The Hall–Kier alpha value is -1.30. The first kappa shape index (κ1) is 22.4. The summed E-state index contributed by atoms with van der Waals surface area (Å²) in [5.41, 5.74) is 0.163. The maximum Gasteiger partial charge on any atom is 0.124 e. The number of benzene rings is 1. The molecule has 0 amide bonds. The van der Waals surface area contributed by atoms with Gasteiger partial charge in [0.05, 0.1) is 31.0 Å². The molecule has 3 rings (SSSR count). The Bertz CT molecular complexity index is 620. The molecule has 29 heavy (non-hydrogen) atoms. The second-order valence-electron chi connectivity index (χ2n) is 10.3. The van der Waals surface area contributed by atoms with E-state index in [1.807, 2.05) is 24.3 Å². The van der Waals surface area contributed by atoms with E-state index in [0.29, 0.717) is 18.8 Å². The summed E-state index contributed by atoms with van der Waals surface area (Å²) in [6.07, 6.45) is 3.90. The lowest BCUT2D eigenvalue weighted by Crippen LogP contribution is -2.60. The molecular formula is C24H39NO4. The van der Waals surface area contributed by atoms with E-state index in [2.05, 4.69) is 46.4 Å². The van der Waals surface area contributed by atoms with Crippen molar-refractivity contribution in [2.24, 2.45) is 0 Å². The van der Waals surface area contributed by atoms with E-state index in [1.165, 1.54) is 0 Å². The van der Waals surface area contributed by atoms with Gasteiger partial charge in [0.1, 0.15) is 17.6 Å². The lowest BCUT2D eigenvalue weighted by molar-refractivity contribution is -0.149. The zero-order valence-corrected chi connectivity index (χ0v) is 19.1. The van der Waals surface area contributed by atoms with Gasteiger partial charge in [0.15, 0.2) is 0 Å². The molecule has 164 valence electrons. The molecule has 2 fully saturated rings. The fourth-order valence-corrected chi connectivity index (χ4v) is 3.62. The smallest absolute Gasteiger partial charge is 0.124 e. The van der Waals surface area contributed by atoms with Crippen LogP contribution in [0.4, 0.5) is 0 Å². The van der Waals surface area contributed by atoms with Gasteiger partial charge in [-0.25, -0.2) is 0 Å². The van der Waals surface area contributed by atoms with E-state index in [0.717, 1.165) is 50.5 Å². The van der Waals surface area contributed by atoms with Gasteiger partial charge in [0.25, 0.3) is 0 Å². The zero-order valence-electron chi connectivity index (χ0n) is 19.1. The van der Waals surface area contributed by atoms with Crippen LogP contribution in [-0.2, 0) is 9.47 Å². The highest BCUT2D eigenvalue weighted by atomic mass is 16.5. The molecule has 2 aliphatic rings. The van der Waals surface area contributed by atoms with Crippen LogP contribution in [0, 0.1) is 0 Å². The third kappa shape index (κ3) is 7.16. The molecule has 0 unspecified atom stereocenters. The Balaban J connectivity index is 1.23. The van der Waals surface area contributed by atoms with Crippen molar-refractivity contribution < 1.29 is 18.9 Å². The van der Waals surface area contributed by atoms with Crippen molar-refractivity contribution in [1.29, 1.82) is 0 Å². The maximum atomic E-state index is 6.03. The predicted octanol–water partition coefficient (Wildman–Crippen LogP) is 4.68. The lowest BCUT2D eigenvalue weighted by Gasteiger charge is -2.47. The van der Waals surface area contributed by atoms with E-state index in [4.69, 9.17) is 18.9 Å². The van der Waals surface area contributed by atoms with Crippen LogP contribution in [-0.4, -0.2) is 60.7 Å². The van der Waals surface area contributed by atoms with Crippen molar-refractivity contribution in [3.8, 4) is 11.5 Å². The standard InChI is InChI=1S/C24H39NO4/c1-23(2,3)25-16-22(17-25)28-19-10-8-18(9-11-19)26-12-7-13-27-20-14-21(15-20)29-24(4,5)6/h8-11,20-22H,7,12-17H2,1-6H3. The molecule has 1 aliphatic carbocycles. The van der Waals surface area contributed by atoms with Crippen molar-refractivity contribution in [3.63, 3.8) is 0 Å². The molecule has 1 saturated carbocycles. The van der Waals surface area contributed by atoms with Crippen LogP contribution in [0.1, 0.15) is 60.8 Å². The van der Waals surface area contributed by atoms with Crippen molar-refractivity contribution in [2.45, 2.75) is 90.3 Å². The van der Waals surface area contributed by atoms with E-state index < -0.39 is 0 Å². The zero-order chi connectivity index (χ0) is 21.1. The van der Waals surface area contributed by atoms with Crippen LogP contribution in [0.15, 0.2) is 24.3 Å². The second kappa shape index (κ2) is 9.23. The quantitative estimate of drug-likeness (QED) is 0.558. The Kier molecular flexibility index (Phi) is 7.13. The van der Waals surface area contributed by atoms with Gasteiger partial charge >= 0.3 is 0 Å². The van der Waals surface area contributed by atoms with Gasteiger partial charge in [-0.2, -0.15) is 0 Å². The fraction of sp³-hybridized carbons (Fsp3) is 0.750. The van der Waals surface area contributed by atoms with Gasteiger partial charge in [0.2, 0.25) is 0 Å². The normalized spacial score (nSPS) is 23.4. The van der Waals surface area contributed by atoms with Crippen molar-refractivity contribution in [2.75, 3.05) is 26.3 Å². The summed E-state index contributed by atoms with van der Waals surface area (Å²) in [5, 5.41) is 0. The molecule has 0 N–H and O–H groups in total. The highest BCUT2D eigenvalue weighted by Crippen LogP contribution is 2.30. The summed E-state index contributed by atoms with van der Waals surface area (Å²) >= 11 is 0. The molecule has 1 aromatic carbocycles. The molecular weight excluding hydrogens is 366 g/mol. The number of rotatable bonds is 9. The molecule has 0 spiro atoms. The number of ether oxygens (including phenoxy) is 4. The SMILES string of the molecule is CC(C)(C)OC1CC(OCCCOc2ccc(OC3CN(C(C)(C)C)C3)cc2)C1. The van der Waals surface area contributed by atoms with E-state index in [9.17, 15) is 0 Å². The van der Waals surface area contributed by atoms with Gasteiger partial charge in [0, 0.05) is 25.0 Å². The average molecular weight is 406 g/mol. The molecule has 0 radical (unpaired) electrons. The summed E-state index contributed by atoms with van der Waals surface area (Å²) in [5.74, 6) is 1.79. The molecule has 0 bridgehead atoms. The Labute approximate surface area is 176 Å².